The molecule has 0 spiro atoms. The molecule has 2 aliphatic heterocycles. The molecule has 1 N–H and O–H groups in total. The fraction of sp³-hybridized carbons (Fsp3) is 0.238. The van der Waals surface area contributed by atoms with Crippen LogP contribution in [0.2, 0.25) is 0 Å². The molecule has 1 fully saturated rings. The molecule has 1 aromatic heterocycles. The zero-order valence-corrected chi connectivity index (χ0v) is 22.4. The predicted molar refractivity (Wildman–Crippen MR) is 142 cm³/mol. The van der Waals surface area contributed by atoms with E-state index in [1.807, 2.05) is 19.1 Å². The van der Waals surface area contributed by atoms with Crippen molar-refractivity contribution in [3.05, 3.63) is 53.3 Å². The Labute approximate surface area is 215 Å². The van der Waals surface area contributed by atoms with Crippen LogP contribution in [0.15, 0.2) is 43.5 Å². The molecule has 1 saturated heterocycles. The minimum absolute atomic E-state index is 0.179. The predicted octanol–water partition coefficient (Wildman–Crippen LogP) is 3.00. The van der Waals surface area contributed by atoms with Crippen LogP contribution in [0.1, 0.15) is 13.8 Å². The molecule has 0 unspecified atom stereocenters. The molecule has 2 aromatic rings. The molecule has 4 rings (SSSR count). The Balaban J connectivity index is 1.78. The number of rotatable bonds is 5. The summed E-state index contributed by atoms with van der Waals surface area (Å²) in [5.41, 5.74) is 0.925. The number of anilines is 1. The summed E-state index contributed by atoms with van der Waals surface area (Å²) in [4.78, 5) is 41.6. The van der Waals surface area contributed by atoms with Crippen LogP contribution in [0.4, 0.5) is 5.69 Å². The van der Waals surface area contributed by atoms with Crippen molar-refractivity contribution in [1.82, 2.24) is 9.47 Å². The number of carbonyl (C=O) groups excluding carboxylic acids is 1. The number of hydrogen-bond donors (Lipinski definition) is 1. The summed E-state index contributed by atoms with van der Waals surface area (Å²) >= 11 is 12.6. The Morgan fingerprint density at radius 3 is 2.58 bits per heavy atom. The molecule has 7 nitrogen and oxygen atoms in total. The molecule has 2 aliphatic rings. The maximum atomic E-state index is 13.1. The average Bonchev–Trinajstić information content (AvgIpc) is 3.37. The van der Waals surface area contributed by atoms with E-state index < -0.39 is 18.4 Å². The number of amides is 1. The van der Waals surface area contributed by atoms with Crippen LogP contribution in [0, 0.1) is 0 Å². The summed E-state index contributed by atoms with van der Waals surface area (Å²) in [6.07, 6.45) is 3.71. The monoisotopic (exact) mass is 583 g/mol. The first kappa shape index (κ1) is 24.3. The Morgan fingerprint density at radius 2 is 1.91 bits per heavy atom. The molecule has 0 atom stereocenters. The molecule has 0 aliphatic carbocycles. The minimum atomic E-state index is -1.14. The average molecular weight is 585 g/mol. The maximum Gasteiger partial charge on any atom is 0.323 e. The summed E-state index contributed by atoms with van der Waals surface area (Å²) in [5.74, 6) is -1.62. The normalized spacial score (nSPS) is 19.2. The lowest BCUT2D eigenvalue weighted by molar-refractivity contribution is -0.140. The van der Waals surface area contributed by atoms with Crippen LogP contribution in [-0.2, 0) is 16.1 Å². The SMILES string of the molecule is CCN1C(=CC=c2sc(=C3SC(=S)N(CC(=O)O)C3=O)n(CC)c2=O)Sc2ccc(Br)cc21. The highest BCUT2D eigenvalue weighted by Gasteiger charge is 2.35. The number of carboxylic acids is 1. The number of thiocarbonyl (C=S) groups is 1. The van der Waals surface area contributed by atoms with Crippen molar-refractivity contribution in [3.8, 4) is 0 Å². The van der Waals surface area contributed by atoms with E-state index in [1.165, 1.54) is 15.9 Å². The van der Waals surface area contributed by atoms with Gasteiger partial charge >= 0.3 is 5.97 Å². The van der Waals surface area contributed by atoms with E-state index in [2.05, 4.69) is 39.9 Å². The Hall–Kier alpha value is -1.86. The Morgan fingerprint density at radius 1 is 1.15 bits per heavy atom. The van der Waals surface area contributed by atoms with Gasteiger partial charge in [0, 0.05) is 22.5 Å². The number of carbonyl (C=O) groups is 2. The number of halogens is 1. The first-order valence-electron chi connectivity index (χ1n) is 9.91. The molecule has 0 bridgehead atoms. The molecular weight excluding hydrogens is 566 g/mol. The van der Waals surface area contributed by atoms with E-state index in [0.717, 1.165) is 43.3 Å². The largest absolute Gasteiger partial charge is 0.480 e. The molecule has 0 saturated carbocycles. The molecule has 3 heterocycles. The summed E-state index contributed by atoms with van der Waals surface area (Å²) in [6.45, 7) is 4.57. The van der Waals surface area contributed by atoms with Crippen LogP contribution < -0.4 is 19.7 Å². The third kappa shape index (κ3) is 4.59. The number of benzene rings is 1. The van der Waals surface area contributed by atoms with Gasteiger partial charge in [-0.3, -0.25) is 23.9 Å². The standard InChI is InChI=1S/C21H18BrN3O4S4/c1-3-23-12-9-11(22)5-6-13(12)31-15(23)8-7-14-18(28)24(4-2)20(32-14)17-19(29)25(10-16(26)27)21(30)33-17/h5-9H,3-4,10H2,1-2H3,(H,26,27). The molecule has 1 aromatic carbocycles. The van der Waals surface area contributed by atoms with E-state index in [-0.39, 0.29) is 9.88 Å². The first-order chi connectivity index (χ1) is 15.7. The van der Waals surface area contributed by atoms with Crippen molar-refractivity contribution < 1.29 is 14.7 Å². The fourth-order valence-corrected chi connectivity index (χ4v) is 7.44. The van der Waals surface area contributed by atoms with Gasteiger partial charge in [0.15, 0.2) is 0 Å². The third-order valence-electron chi connectivity index (χ3n) is 4.95. The smallest absolute Gasteiger partial charge is 0.323 e. The van der Waals surface area contributed by atoms with Crippen LogP contribution >= 0.6 is 63.0 Å². The summed E-state index contributed by atoms with van der Waals surface area (Å²) in [6, 6.07) is 6.14. The maximum absolute atomic E-state index is 13.1. The summed E-state index contributed by atoms with van der Waals surface area (Å²) in [7, 11) is 0. The zero-order valence-electron chi connectivity index (χ0n) is 17.5. The van der Waals surface area contributed by atoms with Crippen LogP contribution in [0.3, 0.4) is 0 Å². The van der Waals surface area contributed by atoms with E-state index in [0.29, 0.717) is 20.6 Å². The van der Waals surface area contributed by atoms with Crippen LogP contribution in [-0.4, -0.2) is 43.9 Å². The topological polar surface area (TPSA) is 82.8 Å². The summed E-state index contributed by atoms with van der Waals surface area (Å²) < 4.78 is 3.71. The van der Waals surface area contributed by atoms with Gasteiger partial charge in [-0.15, -0.1) is 11.3 Å². The van der Waals surface area contributed by atoms with E-state index in [4.69, 9.17) is 17.3 Å². The van der Waals surface area contributed by atoms with E-state index in [9.17, 15) is 14.4 Å². The van der Waals surface area contributed by atoms with Gasteiger partial charge in [0.25, 0.3) is 11.5 Å². The Kier molecular flexibility index (Phi) is 7.20. The van der Waals surface area contributed by atoms with Gasteiger partial charge in [0.1, 0.15) is 20.4 Å². The van der Waals surface area contributed by atoms with Crippen molar-refractivity contribution >= 4 is 95.9 Å². The lowest BCUT2D eigenvalue weighted by Crippen LogP contribution is -2.35. The second-order valence-electron chi connectivity index (χ2n) is 6.93. The number of aromatic nitrogens is 1. The number of nitrogens with zero attached hydrogens (tertiary/aromatic N) is 3. The molecular formula is C21H18BrN3O4S4. The number of carboxylic acid groups (broad SMARTS) is 1. The second-order valence-corrected chi connectivity index (χ2v) is 11.6. The van der Waals surface area contributed by atoms with Gasteiger partial charge in [0.2, 0.25) is 0 Å². The van der Waals surface area contributed by atoms with Crippen molar-refractivity contribution in [2.45, 2.75) is 25.3 Å². The quantitative estimate of drug-likeness (QED) is 0.538. The number of allylic oxidation sites excluding steroid dienone is 1. The van der Waals surface area contributed by atoms with Gasteiger partial charge in [-0.2, -0.15) is 0 Å². The van der Waals surface area contributed by atoms with Crippen molar-refractivity contribution in [3.63, 3.8) is 0 Å². The van der Waals surface area contributed by atoms with Crippen LogP contribution in [0.25, 0.3) is 11.0 Å². The van der Waals surface area contributed by atoms with E-state index in [1.54, 1.807) is 17.8 Å². The van der Waals surface area contributed by atoms with Crippen molar-refractivity contribution in [2.24, 2.45) is 0 Å². The number of fused-ring (bicyclic) bond motifs is 1. The Bertz CT molecular complexity index is 1400. The number of thiazole rings is 1. The summed E-state index contributed by atoms with van der Waals surface area (Å²) in [5, 5.41) is 10.1. The molecule has 33 heavy (non-hydrogen) atoms. The highest BCUT2D eigenvalue weighted by atomic mass is 79.9. The number of hydrogen-bond acceptors (Lipinski definition) is 8. The number of aliphatic carboxylic acids is 1. The van der Waals surface area contributed by atoms with Gasteiger partial charge in [-0.1, -0.05) is 51.7 Å². The highest BCUT2D eigenvalue weighted by Crippen LogP contribution is 2.46. The molecule has 0 radical (unpaired) electrons. The molecule has 12 heteroatoms. The number of thioether (sulfide) groups is 2. The van der Waals surface area contributed by atoms with Gasteiger partial charge in [0.05, 0.1) is 15.2 Å². The second kappa shape index (κ2) is 9.79. The highest BCUT2D eigenvalue weighted by molar-refractivity contribution is 9.10. The van der Waals surface area contributed by atoms with Crippen molar-refractivity contribution in [2.75, 3.05) is 18.0 Å². The third-order valence-corrected chi connectivity index (χ3v) is 9.29. The minimum Gasteiger partial charge on any atom is -0.480 e. The van der Waals surface area contributed by atoms with Crippen LogP contribution in [0.5, 0.6) is 0 Å². The fourth-order valence-electron chi connectivity index (χ4n) is 3.46. The lowest BCUT2D eigenvalue weighted by atomic mass is 10.3. The van der Waals surface area contributed by atoms with Crippen molar-refractivity contribution in [1.29, 1.82) is 0 Å². The molecule has 1 amide bonds. The lowest BCUT2D eigenvalue weighted by Gasteiger charge is -2.17. The van der Waals surface area contributed by atoms with Gasteiger partial charge < -0.3 is 10.0 Å². The van der Waals surface area contributed by atoms with Gasteiger partial charge in [-0.05, 0) is 44.2 Å². The zero-order chi connectivity index (χ0) is 23.9. The molecule has 172 valence electrons. The first-order valence-corrected chi connectivity index (χ1v) is 13.6. The van der Waals surface area contributed by atoms with Gasteiger partial charge in [-0.25, -0.2) is 0 Å². The van der Waals surface area contributed by atoms with E-state index >= 15 is 0 Å².